The van der Waals surface area contributed by atoms with Crippen molar-refractivity contribution >= 4 is 22.7 Å². The molecule has 4 nitrogen and oxygen atoms in total. The Labute approximate surface area is 171 Å². The number of hydrogen-bond donors (Lipinski definition) is 2. The molecule has 1 fully saturated rings. The summed E-state index contributed by atoms with van der Waals surface area (Å²) in [5, 5.41) is 21.1. The molecule has 8 heteroatoms. The number of thiazole rings is 1. The number of nitrogens with zero attached hydrogens (tertiary/aromatic N) is 2. The number of aromatic nitrogens is 1. The van der Waals surface area contributed by atoms with Crippen LogP contribution in [0.4, 0.5) is 13.2 Å². The molecule has 29 heavy (non-hydrogen) atoms. The molecule has 1 aliphatic carbocycles. The number of alkyl halides is 3. The molecule has 1 aliphatic heterocycles. The predicted molar refractivity (Wildman–Crippen MR) is 108 cm³/mol. The Balaban J connectivity index is 1.53. The van der Waals surface area contributed by atoms with Crippen LogP contribution in [-0.4, -0.2) is 33.9 Å². The first-order chi connectivity index (χ1) is 13.8. The van der Waals surface area contributed by atoms with Crippen molar-refractivity contribution in [2.45, 2.75) is 38.3 Å². The van der Waals surface area contributed by atoms with E-state index in [-0.39, 0.29) is 11.6 Å². The summed E-state index contributed by atoms with van der Waals surface area (Å²) in [7, 11) is 0. The molecule has 2 aromatic rings. The van der Waals surface area contributed by atoms with Gasteiger partial charge in [-0.2, -0.15) is 13.2 Å². The summed E-state index contributed by atoms with van der Waals surface area (Å²) in [6.45, 7) is 1.04. The zero-order valence-corrected chi connectivity index (χ0v) is 16.6. The number of benzene rings is 1. The van der Waals surface area contributed by atoms with Gasteiger partial charge in [-0.15, -0.1) is 11.3 Å². The van der Waals surface area contributed by atoms with Gasteiger partial charge in [-0.25, -0.2) is 4.98 Å². The monoisotopic (exact) mass is 421 g/mol. The summed E-state index contributed by atoms with van der Waals surface area (Å²) >= 11 is 1.23. The Kier molecular flexibility index (Phi) is 5.38. The van der Waals surface area contributed by atoms with Crippen molar-refractivity contribution in [1.82, 2.24) is 9.88 Å². The molecular formula is C21H22F3N3OS. The highest BCUT2D eigenvalue weighted by atomic mass is 32.1. The molecule has 154 valence electrons. The van der Waals surface area contributed by atoms with Gasteiger partial charge >= 0.3 is 6.18 Å². The first kappa shape index (κ1) is 19.9. The van der Waals surface area contributed by atoms with Crippen LogP contribution in [0.1, 0.15) is 42.7 Å². The lowest BCUT2D eigenvalue weighted by Gasteiger charge is -2.28. The van der Waals surface area contributed by atoms with E-state index < -0.39 is 11.7 Å². The molecular weight excluding hydrogens is 399 g/mol. The van der Waals surface area contributed by atoms with Gasteiger partial charge in [0.05, 0.1) is 23.4 Å². The summed E-state index contributed by atoms with van der Waals surface area (Å²) in [5.74, 6) is 0.891. The molecule has 0 spiro atoms. The fraction of sp³-hybridized carbons (Fsp3) is 0.429. The van der Waals surface area contributed by atoms with Crippen LogP contribution in [-0.2, 0) is 6.18 Å². The molecule has 0 atom stereocenters. The maximum Gasteiger partial charge on any atom is 0.416 e. The highest BCUT2D eigenvalue weighted by Crippen LogP contribution is 2.36. The van der Waals surface area contributed by atoms with E-state index in [1.165, 1.54) is 36.7 Å². The van der Waals surface area contributed by atoms with Crippen molar-refractivity contribution in [2.24, 2.45) is 5.92 Å². The lowest BCUT2D eigenvalue weighted by atomic mass is 9.89. The molecule has 1 saturated carbocycles. The fourth-order valence-electron chi connectivity index (χ4n) is 4.07. The number of halogens is 3. The average Bonchev–Trinajstić information content (AvgIpc) is 3.27. The minimum absolute atomic E-state index is 0.107. The minimum Gasteiger partial charge on any atom is -0.510 e. The van der Waals surface area contributed by atoms with E-state index in [2.05, 4.69) is 4.98 Å². The van der Waals surface area contributed by atoms with Crippen LogP contribution in [0.5, 0.6) is 0 Å². The van der Waals surface area contributed by atoms with Crippen molar-refractivity contribution < 1.29 is 18.3 Å². The Morgan fingerprint density at radius 3 is 2.69 bits per heavy atom. The number of hydrogen-bond acceptors (Lipinski definition) is 4. The smallest absolute Gasteiger partial charge is 0.416 e. The summed E-state index contributed by atoms with van der Waals surface area (Å²) in [5.41, 5.74) is 0.448. The van der Waals surface area contributed by atoms with Crippen LogP contribution in [0.2, 0.25) is 0 Å². The topological polar surface area (TPSA) is 60.2 Å². The number of aliphatic hydroxyl groups is 1. The minimum atomic E-state index is -4.41. The quantitative estimate of drug-likeness (QED) is 0.639. The van der Waals surface area contributed by atoms with Crippen LogP contribution in [0.15, 0.2) is 35.4 Å². The summed E-state index contributed by atoms with van der Waals surface area (Å²) in [6, 6.07) is 5.04. The molecule has 1 aromatic heterocycles. The molecule has 0 amide bonds. The highest BCUT2D eigenvalue weighted by molar-refractivity contribution is 7.11. The zero-order chi connectivity index (χ0) is 20.6. The van der Waals surface area contributed by atoms with E-state index >= 15 is 0 Å². The maximum absolute atomic E-state index is 13.0. The molecule has 0 unspecified atom stereocenters. The van der Waals surface area contributed by atoms with Crippen LogP contribution < -0.4 is 0 Å². The number of rotatable bonds is 4. The summed E-state index contributed by atoms with van der Waals surface area (Å²) in [4.78, 5) is 6.31. The van der Waals surface area contributed by atoms with Gasteiger partial charge in [-0.1, -0.05) is 31.4 Å². The Morgan fingerprint density at radius 1 is 1.21 bits per heavy atom. The van der Waals surface area contributed by atoms with Crippen molar-refractivity contribution in [1.29, 1.82) is 5.41 Å². The lowest BCUT2D eigenvalue weighted by Crippen LogP contribution is -2.32. The first-order valence-corrected chi connectivity index (χ1v) is 10.6. The van der Waals surface area contributed by atoms with Crippen molar-refractivity contribution in [3.05, 3.63) is 46.0 Å². The SMILES string of the molecule is N=C1C(c2nc(-c3cccc(C(F)(F)F)c3)cs2)=C(O)CN1CC1CCCCC1. The number of aliphatic hydroxyl groups excluding tert-OH is 1. The molecule has 0 radical (unpaired) electrons. The second-order valence-corrected chi connectivity index (χ2v) is 8.53. The van der Waals surface area contributed by atoms with Gasteiger partial charge < -0.3 is 10.0 Å². The summed E-state index contributed by atoms with van der Waals surface area (Å²) in [6.07, 6.45) is 1.58. The van der Waals surface area contributed by atoms with E-state index in [0.717, 1.165) is 31.5 Å². The van der Waals surface area contributed by atoms with Crippen LogP contribution >= 0.6 is 11.3 Å². The second-order valence-electron chi connectivity index (χ2n) is 7.67. The molecule has 0 saturated heterocycles. The molecule has 2 heterocycles. The largest absolute Gasteiger partial charge is 0.510 e. The van der Waals surface area contributed by atoms with Crippen LogP contribution in [0, 0.1) is 11.3 Å². The zero-order valence-electron chi connectivity index (χ0n) is 15.8. The van der Waals surface area contributed by atoms with Gasteiger partial charge in [-0.05, 0) is 30.9 Å². The Morgan fingerprint density at radius 2 is 1.97 bits per heavy atom. The third-order valence-corrected chi connectivity index (χ3v) is 6.45. The molecule has 2 aliphatic rings. The third kappa shape index (κ3) is 4.17. The Hall–Kier alpha value is -2.35. The van der Waals surface area contributed by atoms with Crippen molar-refractivity contribution in [3.8, 4) is 11.3 Å². The van der Waals surface area contributed by atoms with Gasteiger partial charge in [0.1, 0.15) is 16.6 Å². The van der Waals surface area contributed by atoms with E-state index in [4.69, 9.17) is 5.41 Å². The third-order valence-electron chi connectivity index (χ3n) is 5.59. The van der Waals surface area contributed by atoms with Gasteiger partial charge in [0.15, 0.2) is 0 Å². The van der Waals surface area contributed by atoms with E-state index in [1.54, 1.807) is 11.4 Å². The number of amidine groups is 1. The van der Waals surface area contributed by atoms with Crippen molar-refractivity contribution in [2.75, 3.05) is 13.1 Å². The maximum atomic E-state index is 13.0. The van der Waals surface area contributed by atoms with Crippen molar-refractivity contribution in [3.63, 3.8) is 0 Å². The van der Waals surface area contributed by atoms with Crippen LogP contribution in [0.25, 0.3) is 16.8 Å². The lowest BCUT2D eigenvalue weighted by molar-refractivity contribution is -0.137. The standard InChI is InChI=1S/C21H22F3N3OS/c22-21(23,24)15-8-4-7-14(9-15)16-12-29-20(26-16)18-17(28)11-27(19(18)25)10-13-5-2-1-3-6-13/h4,7-9,12-13,25,28H,1-3,5-6,10-11H2. The highest BCUT2D eigenvalue weighted by Gasteiger charge is 2.33. The van der Waals surface area contributed by atoms with E-state index in [9.17, 15) is 18.3 Å². The van der Waals surface area contributed by atoms with Crippen LogP contribution in [0.3, 0.4) is 0 Å². The second kappa shape index (κ2) is 7.82. The van der Waals surface area contributed by atoms with Gasteiger partial charge in [0.2, 0.25) is 0 Å². The molecule has 0 bridgehead atoms. The van der Waals surface area contributed by atoms with E-state index in [1.807, 2.05) is 4.90 Å². The van der Waals surface area contributed by atoms with E-state index in [0.29, 0.717) is 34.3 Å². The fourth-order valence-corrected chi connectivity index (χ4v) is 4.97. The molecule has 2 N–H and O–H groups in total. The Bertz CT molecular complexity index is 945. The average molecular weight is 421 g/mol. The molecule has 1 aromatic carbocycles. The first-order valence-electron chi connectivity index (χ1n) is 9.72. The normalized spacial score (nSPS) is 18.7. The summed E-state index contributed by atoms with van der Waals surface area (Å²) < 4.78 is 38.9. The van der Waals surface area contributed by atoms with Gasteiger partial charge in [0, 0.05) is 17.5 Å². The predicted octanol–water partition coefficient (Wildman–Crippen LogP) is 5.97. The van der Waals surface area contributed by atoms with Gasteiger partial charge in [-0.3, -0.25) is 5.41 Å². The molecule has 4 rings (SSSR count). The number of nitrogens with one attached hydrogen (secondary N) is 1. The van der Waals surface area contributed by atoms with Gasteiger partial charge in [0.25, 0.3) is 0 Å².